The highest BCUT2D eigenvalue weighted by atomic mass is 35.5. The van der Waals surface area contributed by atoms with Gasteiger partial charge in [-0.3, -0.25) is 13.9 Å². The monoisotopic (exact) mass is 448 g/mol. The van der Waals surface area contributed by atoms with Crippen molar-refractivity contribution in [3.8, 4) is 0 Å². The Hall–Kier alpha value is -2.03. The van der Waals surface area contributed by atoms with Crippen molar-refractivity contribution in [1.82, 2.24) is 18.7 Å². The number of nitrogens with zero attached hydrogens (tertiary/aromatic N) is 4. The second-order valence-electron chi connectivity index (χ2n) is 7.89. The van der Waals surface area contributed by atoms with Crippen LogP contribution in [0, 0.1) is 0 Å². The molecule has 1 aliphatic rings. The summed E-state index contributed by atoms with van der Waals surface area (Å²) in [5.74, 6) is 0.924. The van der Waals surface area contributed by atoms with E-state index in [1.807, 2.05) is 28.8 Å². The molecule has 3 aromatic rings. The van der Waals surface area contributed by atoms with Crippen LogP contribution in [0.15, 0.2) is 39.0 Å². The molecule has 0 radical (unpaired) electrons. The Kier molecular flexibility index (Phi) is 6.36. The zero-order valence-corrected chi connectivity index (χ0v) is 18.9. The average molecular weight is 449 g/mol. The fraction of sp³-hybridized carbons (Fsp3) is 0.476. The number of likely N-dealkylation sites (tertiary alicyclic amines) is 1. The minimum atomic E-state index is -0.363. The smallest absolute Gasteiger partial charge is 0.332 e. The highest BCUT2D eigenvalue weighted by Crippen LogP contribution is 2.23. The highest BCUT2D eigenvalue weighted by Gasteiger charge is 2.20. The van der Waals surface area contributed by atoms with Gasteiger partial charge in [0.15, 0.2) is 16.3 Å². The molecule has 4 rings (SSSR count). The molecule has 2 aromatic heterocycles. The number of piperidine rings is 1. The van der Waals surface area contributed by atoms with Crippen LogP contribution in [0.4, 0.5) is 0 Å². The molecule has 0 amide bonds. The highest BCUT2D eigenvalue weighted by molar-refractivity contribution is 7.99. The standard InChI is InChI=1S/C21H26ClN5O2S/c1-24-18-17(19(28)25(2)21(24)29)27(14-15-6-8-16(22)9-7-15)20(23-18)30-13-12-26-10-4-3-5-11-26/h6-9H,3-5,10-14H2,1-2H3/p+1. The first-order chi connectivity index (χ1) is 14.5. The van der Waals surface area contributed by atoms with Crippen molar-refractivity contribution in [3.05, 3.63) is 55.7 Å². The van der Waals surface area contributed by atoms with Crippen molar-refractivity contribution in [1.29, 1.82) is 0 Å². The van der Waals surface area contributed by atoms with E-state index in [1.165, 1.54) is 44.0 Å². The summed E-state index contributed by atoms with van der Waals surface area (Å²) in [6.07, 6.45) is 3.94. The van der Waals surface area contributed by atoms with Crippen LogP contribution in [0.1, 0.15) is 24.8 Å². The lowest BCUT2D eigenvalue weighted by atomic mass is 10.1. The summed E-state index contributed by atoms with van der Waals surface area (Å²) in [5, 5.41) is 1.45. The number of benzene rings is 1. The van der Waals surface area contributed by atoms with Crippen LogP contribution in [0.25, 0.3) is 11.2 Å². The van der Waals surface area contributed by atoms with Gasteiger partial charge >= 0.3 is 5.69 Å². The van der Waals surface area contributed by atoms with E-state index in [2.05, 4.69) is 0 Å². The summed E-state index contributed by atoms with van der Waals surface area (Å²) in [4.78, 5) is 31.7. The minimum Gasteiger partial charge on any atom is -0.334 e. The third kappa shape index (κ3) is 4.22. The maximum Gasteiger partial charge on any atom is 0.332 e. The van der Waals surface area contributed by atoms with Gasteiger partial charge in [0.2, 0.25) is 0 Å². The second kappa shape index (κ2) is 8.99. The lowest BCUT2D eigenvalue weighted by Crippen LogP contribution is -3.13. The van der Waals surface area contributed by atoms with Gasteiger partial charge in [-0.1, -0.05) is 35.5 Å². The first-order valence-corrected chi connectivity index (χ1v) is 11.7. The SMILES string of the molecule is Cn1c(=O)c2c(nc(SCC[NH+]3CCCCC3)n2Cc2ccc(Cl)cc2)n(C)c1=O. The average Bonchev–Trinajstić information content (AvgIpc) is 3.11. The summed E-state index contributed by atoms with van der Waals surface area (Å²) in [6, 6.07) is 7.59. The summed E-state index contributed by atoms with van der Waals surface area (Å²) >= 11 is 7.69. The van der Waals surface area contributed by atoms with Crippen LogP contribution >= 0.6 is 23.4 Å². The van der Waals surface area contributed by atoms with E-state index in [4.69, 9.17) is 16.6 Å². The number of rotatable bonds is 6. The maximum atomic E-state index is 13.0. The number of aryl methyl sites for hydroxylation is 1. The Morgan fingerprint density at radius 3 is 2.47 bits per heavy atom. The molecule has 0 unspecified atom stereocenters. The number of aromatic nitrogens is 4. The second-order valence-corrected chi connectivity index (χ2v) is 9.39. The largest absolute Gasteiger partial charge is 0.334 e. The van der Waals surface area contributed by atoms with Crippen molar-refractivity contribution in [2.24, 2.45) is 14.1 Å². The molecule has 0 saturated carbocycles. The molecule has 9 heteroatoms. The van der Waals surface area contributed by atoms with Crippen LogP contribution in [-0.4, -0.2) is 44.1 Å². The van der Waals surface area contributed by atoms with Crippen molar-refractivity contribution in [2.45, 2.75) is 31.0 Å². The maximum absolute atomic E-state index is 13.0. The topological polar surface area (TPSA) is 66.3 Å². The van der Waals surface area contributed by atoms with Gasteiger partial charge in [-0.2, -0.15) is 0 Å². The Morgan fingerprint density at radius 1 is 1.07 bits per heavy atom. The Bertz CT molecular complexity index is 1160. The van der Waals surface area contributed by atoms with E-state index in [9.17, 15) is 9.59 Å². The quantitative estimate of drug-likeness (QED) is 0.577. The van der Waals surface area contributed by atoms with Gasteiger partial charge in [0.25, 0.3) is 5.56 Å². The zero-order valence-electron chi connectivity index (χ0n) is 17.4. The fourth-order valence-electron chi connectivity index (χ4n) is 4.04. The molecule has 0 atom stereocenters. The molecule has 0 spiro atoms. The molecule has 160 valence electrons. The van der Waals surface area contributed by atoms with Crippen molar-refractivity contribution in [3.63, 3.8) is 0 Å². The molecule has 0 aliphatic carbocycles. The van der Waals surface area contributed by atoms with E-state index in [-0.39, 0.29) is 11.2 Å². The van der Waals surface area contributed by atoms with Gasteiger partial charge in [-0.15, -0.1) is 0 Å². The van der Waals surface area contributed by atoms with Crippen molar-refractivity contribution in [2.75, 3.05) is 25.4 Å². The van der Waals surface area contributed by atoms with E-state index < -0.39 is 0 Å². The Balaban J connectivity index is 1.70. The van der Waals surface area contributed by atoms with Gasteiger partial charge in [0, 0.05) is 19.1 Å². The van der Waals surface area contributed by atoms with Crippen LogP contribution in [0.3, 0.4) is 0 Å². The van der Waals surface area contributed by atoms with E-state index in [0.717, 1.165) is 27.6 Å². The number of imidazole rings is 1. The number of thioether (sulfide) groups is 1. The molecular formula is C21H27ClN5O2S+. The van der Waals surface area contributed by atoms with Crippen LogP contribution in [0.5, 0.6) is 0 Å². The summed E-state index contributed by atoms with van der Waals surface area (Å²) in [5.41, 5.74) is 1.24. The van der Waals surface area contributed by atoms with Crippen LogP contribution < -0.4 is 16.1 Å². The minimum absolute atomic E-state index is 0.317. The normalized spacial score (nSPS) is 15.2. The lowest BCUT2D eigenvalue weighted by Gasteiger charge is -2.23. The van der Waals surface area contributed by atoms with Gasteiger partial charge in [-0.05, 0) is 37.0 Å². The number of nitrogens with one attached hydrogen (secondary N) is 1. The lowest BCUT2D eigenvalue weighted by molar-refractivity contribution is -0.902. The molecular weight excluding hydrogens is 422 g/mol. The molecule has 1 fully saturated rings. The van der Waals surface area contributed by atoms with Crippen molar-refractivity contribution >= 4 is 34.5 Å². The Morgan fingerprint density at radius 2 is 1.77 bits per heavy atom. The van der Waals surface area contributed by atoms with Gasteiger partial charge in [-0.25, -0.2) is 9.78 Å². The van der Waals surface area contributed by atoms with Gasteiger partial charge < -0.3 is 9.47 Å². The van der Waals surface area contributed by atoms with E-state index in [1.54, 1.807) is 23.7 Å². The van der Waals surface area contributed by atoms with E-state index in [0.29, 0.717) is 22.7 Å². The van der Waals surface area contributed by atoms with Gasteiger partial charge in [0.05, 0.1) is 31.9 Å². The number of hydrogen-bond acceptors (Lipinski definition) is 4. The molecule has 1 saturated heterocycles. The molecule has 1 aromatic carbocycles. The third-order valence-electron chi connectivity index (χ3n) is 5.81. The molecule has 1 aliphatic heterocycles. The first kappa shape index (κ1) is 21.2. The van der Waals surface area contributed by atoms with Crippen molar-refractivity contribution < 1.29 is 4.90 Å². The van der Waals surface area contributed by atoms with E-state index >= 15 is 0 Å². The number of halogens is 1. The third-order valence-corrected chi connectivity index (χ3v) is 7.04. The molecule has 3 heterocycles. The Labute approximate surface area is 184 Å². The summed E-state index contributed by atoms with van der Waals surface area (Å²) in [6.45, 7) is 4.04. The molecule has 1 N–H and O–H groups in total. The first-order valence-electron chi connectivity index (χ1n) is 10.3. The van der Waals surface area contributed by atoms with Gasteiger partial charge in [0.1, 0.15) is 0 Å². The summed E-state index contributed by atoms with van der Waals surface area (Å²) in [7, 11) is 3.17. The molecule has 7 nitrogen and oxygen atoms in total. The van der Waals surface area contributed by atoms with Crippen LogP contribution in [-0.2, 0) is 20.6 Å². The molecule has 0 bridgehead atoms. The predicted octanol–water partition coefficient (Wildman–Crippen LogP) is 1.30. The zero-order chi connectivity index (χ0) is 21.3. The number of fused-ring (bicyclic) bond motifs is 1. The number of quaternary nitrogens is 1. The fourth-order valence-corrected chi connectivity index (χ4v) is 5.21. The van der Waals surface area contributed by atoms with Crippen LogP contribution in [0.2, 0.25) is 5.02 Å². The number of hydrogen-bond donors (Lipinski definition) is 1. The molecule has 30 heavy (non-hydrogen) atoms. The summed E-state index contributed by atoms with van der Waals surface area (Å²) < 4.78 is 4.54. The predicted molar refractivity (Wildman–Crippen MR) is 121 cm³/mol.